The SMILES string of the molecule is O=C(NC(CC1CCCCC1)C(=O)CCl)C(F)F. The number of carbonyl (C=O) groups excluding carboxylic acids is 2. The van der Waals surface area contributed by atoms with Crippen molar-refractivity contribution in [2.24, 2.45) is 5.92 Å². The van der Waals surface area contributed by atoms with Crippen molar-refractivity contribution in [2.45, 2.75) is 51.0 Å². The molecular weight excluding hydrogens is 264 g/mol. The lowest BCUT2D eigenvalue weighted by molar-refractivity contribution is -0.135. The Balaban J connectivity index is 2.54. The summed E-state index contributed by atoms with van der Waals surface area (Å²) in [7, 11) is 0. The fraction of sp³-hybridized carbons (Fsp3) is 0.833. The Morgan fingerprint density at radius 3 is 2.33 bits per heavy atom. The molecule has 0 spiro atoms. The van der Waals surface area contributed by atoms with Crippen molar-refractivity contribution in [3.05, 3.63) is 0 Å². The zero-order valence-electron chi connectivity index (χ0n) is 10.1. The number of rotatable bonds is 6. The second-order valence-electron chi connectivity index (χ2n) is 4.70. The Hall–Kier alpha value is -0.710. The number of hydrogen-bond donors (Lipinski definition) is 1. The van der Waals surface area contributed by atoms with Gasteiger partial charge in [0.25, 0.3) is 5.91 Å². The topological polar surface area (TPSA) is 46.2 Å². The lowest BCUT2D eigenvalue weighted by atomic mass is 9.84. The van der Waals surface area contributed by atoms with E-state index in [1.165, 1.54) is 6.42 Å². The molecule has 1 aliphatic carbocycles. The molecule has 1 atom stereocenters. The molecule has 0 heterocycles. The van der Waals surface area contributed by atoms with E-state index in [-0.39, 0.29) is 5.88 Å². The molecule has 0 saturated heterocycles. The van der Waals surface area contributed by atoms with Crippen molar-refractivity contribution >= 4 is 23.3 Å². The van der Waals surface area contributed by atoms with Crippen molar-refractivity contribution in [1.82, 2.24) is 5.32 Å². The summed E-state index contributed by atoms with van der Waals surface area (Å²) < 4.78 is 24.4. The fourth-order valence-corrected chi connectivity index (χ4v) is 2.54. The molecule has 1 saturated carbocycles. The number of Topliss-reactive ketones (excluding diaryl/α,β-unsaturated/α-hetero) is 1. The summed E-state index contributed by atoms with van der Waals surface area (Å²) in [5.41, 5.74) is 0. The summed E-state index contributed by atoms with van der Waals surface area (Å²) in [5.74, 6) is -1.74. The number of alkyl halides is 3. The van der Waals surface area contributed by atoms with Gasteiger partial charge < -0.3 is 5.32 Å². The first kappa shape index (κ1) is 15.3. The number of ketones is 1. The third kappa shape index (κ3) is 4.88. The highest BCUT2D eigenvalue weighted by Crippen LogP contribution is 2.27. The number of nitrogens with one attached hydrogen (secondary N) is 1. The molecule has 0 aromatic carbocycles. The summed E-state index contributed by atoms with van der Waals surface area (Å²) >= 11 is 5.44. The molecule has 0 bridgehead atoms. The van der Waals surface area contributed by atoms with Gasteiger partial charge in [-0.3, -0.25) is 9.59 Å². The van der Waals surface area contributed by atoms with Crippen LogP contribution in [0.3, 0.4) is 0 Å². The van der Waals surface area contributed by atoms with Crippen LogP contribution >= 0.6 is 11.6 Å². The van der Waals surface area contributed by atoms with Crippen molar-refractivity contribution in [3.8, 4) is 0 Å². The van der Waals surface area contributed by atoms with E-state index in [9.17, 15) is 18.4 Å². The molecule has 1 N–H and O–H groups in total. The van der Waals surface area contributed by atoms with E-state index in [1.54, 1.807) is 0 Å². The van der Waals surface area contributed by atoms with E-state index >= 15 is 0 Å². The summed E-state index contributed by atoms with van der Waals surface area (Å²) in [4.78, 5) is 22.5. The summed E-state index contributed by atoms with van der Waals surface area (Å²) in [6, 6.07) is -0.868. The minimum atomic E-state index is -3.10. The van der Waals surface area contributed by atoms with Crippen LogP contribution in [0.1, 0.15) is 38.5 Å². The third-order valence-electron chi connectivity index (χ3n) is 3.33. The highest BCUT2D eigenvalue weighted by atomic mass is 35.5. The highest BCUT2D eigenvalue weighted by molar-refractivity contribution is 6.28. The van der Waals surface area contributed by atoms with Crippen LogP contribution in [0.25, 0.3) is 0 Å². The molecule has 1 rings (SSSR count). The van der Waals surface area contributed by atoms with Gasteiger partial charge in [0.2, 0.25) is 0 Å². The average molecular weight is 282 g/mol. The largest absolute Gasteiger partial charge is 0.341 e. The first-order chi connectivity index (χ1) is 8.54. The van der Waals surface area contributed by atoms with Crippen molar-refractivity contribution in [1.29, 1.82) is 0 Å². The van der Waals surface area contributed by atoms with E-state index in [0.717, 1.165) is 25.7 Å². The second kappa shape index (κ2) is 7.67. The van der Waals surface area contributed by atoms with Gasteiger partial charge in [-0.2, -0.15) is 8.78 Å². The minimum Gasteiger partial charge on any atom is -0.341 e. The summed E-state index contributed by atoms with van der Waals surface area (Å²) in [6.45, 7) is 0. The second-order valence-corrected chi connectivity index (χ2v) is 4.97. The van der Waals surface area contributed by atoms with Gasteiger partial charge in [0, 0.05) is 0 Å². The van der Waals surface area contributed by atoms with Gasteiger partial charge in [-0.25, -0.2) is 0 Å². The normalized spacial score (nSPS) is 18.7. The molecular formula is C12H18ClF2NO2. The van der Waals surface area contributed by atoms with Gasteiger partial charge in [-0.1, -0.05) is 32.1 Å². The molecule has 0 aromatic rings. The van der Waals surface area contributed by atoms with Crippen LogP contribution in [0.4, 0.5) is 8.78 Å². The van der Waals surface area contributed by atoms with Crippen LogP contribution in [0.2, 0.25) is 0 Å². The molecule has 104 valence electrons. The summed E-state index contributed by atoms with van der Waals surface area (Å²) in [6.07, 6.45) is 2.65. The minimum absolute atomic E-state index is 0.263. The van der Waals surface area contributed by atoms with Crippen LogP contribution in [-0.2, 0) is 9.59 Å². The highest BCUT2D eigenvalue weighted by Gasteiger charge is 2.27. The van der Waals surface area contributed by atoms with Gasteiger partial charge in [0.15, 0.2) is 5.78 Å². The fourth-order valence-electron chi connectivity index (χ4n) is 2.35. The van der Waals surface area contributed by atoms with Gasteiger partial charge in [0.1, 0.15) is 0 Å². The van der Waals surface area contributed by atoms with Crippen LogP contribution in [-0.4, -0.2) is 30.0 Å². The number of hydrogen-bond acceptors (Lipinski definition) is 2. The lowest BCUT2D eigenvalue weighted by Gasteiger charge is -2.26. The summed E-state index contributed by atoms with van der Waals surface area (Å²) in [5, 5.41) is 2.09. The maximum Gasteiger partial charge on any atom is 0.315 e. The Kier molecular flexibility index (Phi) is 6.54. The predicted molar refractivity (Wildman–Crippen MR) is 64.9 cm³/mol. The smallest absolute Gasteiger partial charge is 0.315 e. The van der Waals surface area contributed by atoms with E-state index in [1.807, 2.05) is 0 Å². The molecule has 1 aliphatic rings. The lowest BCUT2D eigenvalue weighted by Crippen LogP contribution is -2.45. The molecule has 1 unspecified atom stereocenters. The third-order valence-corrected chi connectivity index (χ3v) is 3.59. The molecule has 0 radical (unpaired) electrons. The maximum atomic E-state index is 12.2. The molecule has 6 heteroatoms. The van der Waals surface area contributed by atoms with Gasteiger partial charge in [-0.05, 0) is 12.3 Å². The van der Waals surface area contributed by atoms with Crippen LogP contribution in [0.5, 0.6) is 0 Å². The van der Waals surface area contributed by atoms with E-state index in [2.05, 4.69) is 5.32 Å². The van der Waals surface area contributed by atoms with Crippen molar-refractivity contribution < 1.29 is 18.4 Å². The molecule has 0 aliphatic heterocycles. The van der Waals surface area contributed by atoms with E-state index in [0.29, 0.717) is 12.3 Å². The average Bonchev–Trinajstić information content (AvgIpc) is 2.38. The quantitative estimate of drug-likeness (QED) is 0.761. The zero-order chi connectivity index (χ0) is 13.5. The standard InChI is InChI=1S/C12H18ClF2NO2/c13-7-10(17)9(16-12(18)11(14)15)6-8-4-2-1-3-5-8/h8-9,11H,1-7H2,(H,16,18). The molecule has 18 heavy (non-hydrogen) atoms. The Bertz CT molecular complexity index is 294. The van der Waals surface area contributed by atoms with Crippen molar-refractivity contribution in [2.75, 3.05) is 5.88 Å². The van der Waals surface area contributed by atoms with Crippen LogP contribution in [0.15, 0.2) is 0 Å². The van der Waals surface area contributed by atoms with Gasteiger partial charge in [0.05, 0.1) is 11.9 Å². The number of carbonyl (C=O) groups is 2. The van der Waals surface area contributed by atoms with E-state index < -0.39 is 24.2 Å². The molecule has 0 aromatic heterocycles. The first-order valence-electron chi connectivity index (χ1n) is 6.21. The number of amides is 1. The Labute approximate surface area is 110 Å². The predicted octanol–water partition coefficient (Wildman–Crippen LogP) is 2.51. The van der Waals surface area contributed by atoms with E-state index in [4.69, 9.17) is 11.6 Å². The van der Waals surface area contributed by atoms with Crippen molar-refractivity contribution in [3.63, 3.8) is 0 Å². The zero-order valence-corrected chi connectivity index (χ0v) is 10.9. The molecule has 1 amide bonds. The van der Waals surface area contributed by atoms with Crippen LogP contribution in [0, 0.1) is 5.92 Å². The van der Waals surface area contributed by atoms with Gasteiger partial charge >= 0.3 is 6.43 Å². The first-order valence-corrected chi connectivity index (χ1v) is 6.75. The Morgan fingerprint density at radius 2 is 1.83 bits per heavy atom. The van der Waals surface area contributed by atoms with Crippen LogP contribution < -0.4 is 5.32 Å². The molecule has 1 fully saturated rings. The monoisotopic (exact) mass is 281 g/mol. The van der Waals surface area contributed by atoms with Gasteiger partial charge in [-0.15, -0.1) is 11.6 Å². The Morgan fingerprint density at radius 1 is 1.22 bits per heavy atom. The maximum absolute atomic E-state index is 12.2. The molecule has 3 nitrogen and oxygen atoms in total. The number of halogens is 3.